The van der Waals surface area contributed by atoms with E-state index in [2.05, 4.69) is 48.1 Å². The van der Waals surface area contributed by atoms with E-state index < -0.39 is 0 Å². The van der Waals surface area contributed by atoms with Crippen LogP contribution in [-0.2, 0) is 6.42 Å². The minimum absolute atomic E-state index is 0.0538. The lowest BCUT2D eigenvalue weighted by Crippen LogP contribution is -2.30. The van der Waals surface area contributed by atoms with Crippen molar-refractivity contribution in [2.75, 3.05) is 0 Å². The van der Waals surface area contributed by atoms with Crippen molar-refractivity contribution in [2.45, 2.75) is 52.1 Å². The number of aryl methyl sites for hydroxylation is 1. The molecule has 0 aliphatic heterocycles. The fraction of sp³-hybridized carbons (Fsp3) is 0.500. The van der Waals surface area contributed by atoms with Gasteiger partial charge in [-0.15, -0.1) is 0 Å². The lowest BCUT2D eigenvalue weighted by atomic mass is 10.00. The van der Waals surface area contributed by atoms with Crippen molar-refractivity contribution in [3.63, 3.8) is 0 Å². The number of hydrazine groups is 1. The van der Waals surface area contributed by atoms with E-state index in [1.807, 2.05) is 12.3 Å². The Morgan fingerprint density at radius 3 is 2.67 bits per heavy atom. The first-order chi connectivity index (χ1) is 10.2. The predicted molar refractivity (Wildman–Crippen MR) is 84.6 cm³/mol. The summed E-state index contributed by atoms with van der Waals surface area (Å²) in [5.74, 6) is 5.74. The zero-order valence-electron chi connectivity index (χ0n) is 13.1. The van der Waals surface area contributed by atoms with E-state index in [1.165, 1.54) is 5.56 Å². The molecular weight excluding hydrogens is 262 g/mol. The van der Waals surface area contributed by atoms with Crippen LogP contribution in [0.1, 0.15) is 55.6 Å². The number of pyridine rings is 1. The Labute approximate surface area is 126 Å². The third-order valence-corrected chi connectivity index (χ3v) is 4.03. The largest absolute Gasteiger partial charge is 0.271 e. The molecule has 2 heterocycles. The van der Waals surface area contributed by atoms with Gasteiger partial charge in [-0.1, -0.05) is 13.8 Å². The van der Waals surface area contributed by atoms with Crippen molar-refractivity contribution in [3.8, 4) is 0 Å². The van der Waals surface area contributed by atoms with Crippen LogP contribution in [0.25, 0.3) is 0 Å². The molecule has 0 aromatic carbocycles. The summed E-state index contributed by atoms with van der Waals surface area (Å²) in [5, 5.41) is 4.70. The molecule has 5 heteroatoms. The number of rotatable bonds is 7. The highest BCUT2D eigenvalue weighted by Crippen LogP contribution is 2.21. The van der Waals surface area contributed by atoms with E-state index in [9.17, 15) is 0 Å². The first kappa shape index (κ1) is 15.7. The molecule has 2 aromatic heterocycles. The average Bonchev–Trinajstić information content (AvgIpc) is 2.95. The molecule has 0 fully saturated rings. The fourth-order valence-corrected chi connectivity index (χ4v) is 2.70. The molecule has 0 radical (unpaired) electrons. The first-order valence-corrected chi connectivity index (χ1v) is 7.60. The maximum absolute atomic E-state index is 5.74. The average molecular weight is 287 g/mol. The number of hydrogen-bond acceptors (Lipinski definition) is 4. The molecular formula is C16H25N5. The van der Waals surface area contributed by atoms with Crippen molar-refractivity contribution >= 4 is 0 Å². The summed E-state index contributed by atoms with van der Waals surface area (Å²) >= 11 is 0. The molecule has 0 amide bonds. The van der Waals surface area contributed by atoms with Crippen molar-refractivity contribution < 1.29 is 0 Å². The highest BCUT2D eigenvalue weighted by atomic mass is 15.3. The van der Waals surface area contributed by atoms with Gasteiger partial charge in [0.2, 0.25) is 0 Å². The van der Waals surface area contributed by atoms with Gasteiger partial charge in [0.15, 0.2) is 0 Å². The van der Waals surface area contributed by atoms with Crippen LogP contribution in [0.15, 0.2) is 30.7 Å². The second kappa shape index (κ2) is 7.33. The van der Waals surface area contributed by atoms with Gasteiger partial charge in [0, 0.05) is 25.0 Å². The van der Waals surface area contributed by atoms with Gasteiger partial charge in [0.25, 0.3) is 0 Å². The van der Waals surface area contributed by atoms with E-state index in [1.54, 1.807) is 6.20 Å². The highest BCUT2D eigenvalue weighted by Gasteiger charge is 2.15. The molecule has 1 atom stereocenters. The molecule has 0 aliphatic rings. The summed E-state index contributed by atoms with van der Waals surface area (Å²) < 4.78 is 2.07. The quantitative estimate of drug-likeness (QED) is 0.607. The van der Waals surface area contributed by atoms with Crippen LogP contribution in [0, 0.1) is 6.92 Å². The predicted octanol–water partition coefficient (Wildman–Crippen LogP) is 2.69. The number of nitrogens with one attached hydrogen (secondary N) is 1. The third kappa shape index (κ3) is 3.68. The van der Waals surface area contributed by atoms with Crippen molar-refractivity contribution in [1.82, 2.24) is 20.2 Å². The second-order valence-electron chi connectivity index (χ2n) is 5.41. The van der Waals surface area contributed by atoms with E-state index in [0.717, 1.165) is 30.5 Å². The molecule has 21 heavy (non-hydrogen) atoms. The van der Waals surface area contributed by atoms with Gasteiger partial charge in [-0.2, -0.15) is 5.10 Å². The summed E-state index contributed by atoms with van der Waals surface area (Å²) in [6.07, 6.45) is 8.70. The van der Waals surface area contributed by atoms with Gasteiger partial charge in [-0.25, -0.2) is 0 Å². The van der Waals surface area contributed by atoms with E-state index in [0.29, 0.717) is 6.04 Å². The van der Waals surface area contributed by atoms with Crippen molar-refractivity contribution in [1.29, 1.82) is 0 Å². The Balaban J connectivity index is 2.14. The Bertz CT molecular complexity index is 559. The van der Waals surface area contributed by atoms with Crippen LogP contribution in [0.2, 0.25) is 0 Å². The summed E-state index contributed by atoms with van der Waals surface area (Å²) in [6, 6.07) is 4.63. The summed E-state index contributed by atoms with van der Waals surface area (Å²) in [4.78, 5) is 4.13. The molecule has 3 N–H and O–H groups in total. The second-order valence-corrected chi connectivity index (χ2v) is 5.41. The van der Waals surface area contributed by atoms with Crippen LogP contribution in [-0.4, -0.2) is 14.8 Å². The third-order valence-electron chi connectivity index (χ3n) is 4.03. The Hall–Kier alpha value is -1.72. The number of nitrogens with two attached hydrogens (primary N) is 1. The first-order valence-electron chi connectivity index (χ1n) is 7.60. The molecule has 2 rings (SSSR count). The molecule has 0 bridgehead atoms. The maximum atomic E-state index is 5.74. The number of nitrogens with zero attached hydrogens (tertiary/aromatic N) is 3. The minimum atomic E-state index is 0.0538. The van der Waals surface area contributed by atoms with Crippen LogP contribution in [0.4, 0.5) is 0 Å². The molecule has 114 valence electrons. The van der Waals surface area contributed by atoms with Gasteiger partial charge in [0.05, 0.1) is 17.8 Å². The van der Waals surface area contributed by atoms with Crippen molar-refractivity contribution in [3.05, 3.63) is 47.5 Å². The highest BCUT2D eigenvalue weighted by molar-refractivity contribution is 5.26. The summed E-state index contributed by atoms with van der Waals surface area (Å²) in [5.41, 5.74) is 6.26. The fourth-order valence-electron chi connectivity index (χ4n) is 2.70. The Morgan fingerprint density at radius 1 is 1.29 bits per heavy atom. The van der Waals surface area contributed by atoms with Gasteiger partial charge >= 0.3 is 0 Å². The monoisotopic (exact) mass is 287 g/mol. The summed E-state index contributed by atoms with van der Waals surface area (Å²) in [6.45, 7) is 6.44. The zero-order valence-corrected chi connectivity index (χ0v) is 13.1. The van der Waals surface area contributed by atoms with Crippen molar-refractivity contribution in [2.24, 2.45) is 5.84 Å². The van der Waals surface area contributed by atoms with Gasteiger partial charge in [-0.3, -0.25) is 20.9 Å². The minimum Gasteiger partial charge on any atom is -0.271 e. The molecule has 0 spiro atoms. The molecule has 0 saturated carbocycles. The van der Waals surface area contributed by atoms with Gasteiger partial charge < -0.3 is 0 Å². The molecule has 1 unspecified atom stereocenters. The zero-order chi connectivity index (χ0) is 15.2. The van der Waals surface area contributed by atoms with E-state index in [4.69, 9.17) is 10.9 Å². The number of aromatic nitrogens is 3. The van der Waals surface area contributed by atoms with Gasteiger partial charge in [-0.05, 0) is 43.0 Å². The molecule has 0 aliphatic carbocycles. The molecule has 5 nitrogen and oxygen atoms in total. The van der Waals surface area contributed by atoms with Crippen LogP contribution in [0.5, 0.6) is 0 Å². The van der Waals surface area contributed by atoms with Crippen LogP contribution in [0.3, 0.4) is 0 Å². The lowest BCUT2D eigenvalue weighted by Gasteiger charge is -2.17. The van der Waals surface area contributed by atoms with Crippen LogP contribution >= 0.6 is 0 Å². The lowest BCUT2D eigenvalue weighted by molar-refractivity contribution is 0.422. The number of hydrogen-bond donors (Lipinski definition) is 2. The standard InChI is InChI=1S/C16H25N5/c1-4-14(5-2)21-9-7-13(20-21)10-16(19-17)15-6-8-18-11-12(15)3/h6-9,11,14,16,19H,4-5,10,17H2,1-3H3. The van der Waals surface area contributed by atoms with E-state index >= 15 is 0 Å². The topological polar surface area (TPSA) is 68.8 Å². The maximum Gasteiger partial charge on any atom is 0.0644 e. The Morgan fingerprint density at radius 2 is 2.05 bits per heavy atom. The Kier molecular flexibility index (Phi) is 5.47. The van der Waals surface area contributed by atoms with E-state index in [-0.39, 0.29) is 6.04 Å². The molecule has 2 aromatic rings. The van der Waals surface area contributed by atoms with Gasteiger partial charge in [0.1, 0.15) is 0 Å². The summed E-state index contributed by atoms with van der Waals surface area (Å²) in [7, 11) is 0. The normalized spacial score (nSPS) is 12.8. The SMILES string of the molecule is CCC(CC)n1ccc(CC(NN)c2ccncc2C)n1. The molecule has 0 saturated heterocycles. The van der Waals surface area contributed by atoms with Crippen LogP contribution < -0.4 is 11.3 Å². The smallest absolute Gasteiger partial charge is 0.0644 e.